The molecule has 4 nitrogen and oxygen atoms in total. The lowest BCUT2D eigenvalue weighted by Crippen LogP contribution is -2.33. The van der Waals surface area contributed by atoms with E-state index in [0.717, 1.165) is 27.7 Å². The molecule has 0 aliphatic carbocycles. The number of fused-ring (bicyclic) bond motifs is 1. The molecule has 0 unspecified atom stereocenters. The summed E-state index contributed by atoms with van der Waals surface area (Å²) in [6.07, 6.45) is 0. The van der Waals surface area contributed by atoms with Gasteiger partial charge in [-0.05, 0) is 37.1 Å². The first-order chi connectivity index (χ1) is 13.1. The van der Waals surface area contributed by atoms with Gasteiger partial charge in [-0.3, -0.25) is 0 Å². The minimum atomic E-state index is -1.36. The van der Waals surface area contributed by atoms with Crippen LogP contribution in [-0.2, 0) is 5.60 Å². The van der Waals surface area contributed by atoms with E-state index in [-0.39, 0.29) is 0 Å². The van der Waals surface area contributed by atoms with E-state index in [2.05, 4.69) is 10.3 Å². The summed E-state index contributed by atoms with van der Waals surface area (Å²) in [4.78, 5) is 0. The van der Waals surface area contributed by atoms with Gasteiger partial charge in [0.1, 0.15) is 5.52 Å². The molecule has 0 saturated carbocycles. The third kappa shape index (κ3) is 2.84. The maximum atomic E-state index is 12.2. The molecule has 3 aromatic carbocycles. The number of hydrogen-bond acceptors (Lipinski definition) is 3. The van der Waals surface area contributed by atoms with Gasteiger partial charge in [-0.2, -0.15) is 0 Å². The van der Waals surface area contributed by atoms with Crippen molar-refractivity contribution in [3.8, 4) is 0 Å². The lowest BCUT2D eigenvalue weighted by atomic mass is 9.82. The molecule has 134 valence electrons. The van der Waals surface area contributed by atoms with Crippen LogP contribution in [0.1, 0.15) is 25.0 Å². The van der Waals surface area contributed by atoms with Crippen molar-refractivity contribution in [3.05, 3.63) is 102 Å². The zero-order chi connectivity index (χ0) is 18.9. The molecule has 27 heavy (non-hydrogen) atoms. The van der Waals surface area contributed by atoms with Gasteiger partial charge in [0.15, 0.2) is 5.60 Å². The predicted molar refractivity (Wildman–Crippen MR) is 108 cm³/mol. The van der Waals surface area contributed by atoms with Crippen LogP contribution in [0, 0.1) is 0 Å². The second-order valence-corrected chi connectivity index (χ2v) is 6.78. The molecule has 0 saturated heterocycles. The molecule has 1 N–H and O–H groups in total. The largest absolute Gasteiger partial charge is 0.374 e. The van der Waals surface area contributed by atoms with E-state index in [9.17, 15) is 5.11 Å². The summed E-state index contributed by atoms with van der Waals surface area (Å²) in [6.45, 7) is 3.98. The van der Waals surface area contributed by atoms with Crippen LogP contribution in [0.5, 0.6) is 0 Å². The second-order valence-electron chi connectivity index (χ2n) is 6.78. The Morgan fingerprint density at radius 1 is 0.778 bits per heavy atom. The highest BCUT2D eigenvalue weighted by atomic mass is 16.3. The van der Waals surface area contributed by atoms with Crippen molar-refractivity contribution in [2.45, 2.75) is 19.4 Å². The fourth-order valence-corrected chi connectivity index (χ4v) is 3.56. The molecule has 1 heterocycles. The Balaban J connectivity index is 2.05. The van der Waals surface area contributed by atoms with Gasteiger partial charge in [0.2, 0.25) is 0 Å². The van der Waals surface area contributed by atoms with Crippen molar-refractivity contribution in [1.29, 1.82) is 0 Å². The Labute approximate surface area is 158 Å². The number of para-hydroxylation sites is 1. The molecule has 4 aromatic rings. The normalized spacial score (nSPS) is 11.5. The van der Waals surface area contributed by atoms with Gasteiger partial charge < -0.3 is 5.11 Å². The third-order valence-corrected chi connectivity index (χ3v) is 4.76. The number of allylic oxidation sites excluding steroid dienone is 1. The van der Waals surface area contributed by atoms with Crippen molar-refractivity contribution in [3.63, 3.8) is 0 Å². The van der Waals surface area contributed by atoms with Gasteiger partial charge in [-0.25, -0.2) is 4.68 Å². The van der Waals surface area contributed by atoms with Gasteiger partial charge in [0, 0.05) is 0 Å². The maximum absolute atomic E-state index is 12.2. The fourth-order valence-electron chi connectivity index (χ4n) is 3.56. The summed E-state index contributed by atoms with van der Waals surface area (Å²) in [5.41, 5.74) is 3.50. The zero-order valence-electron chi connectivity index (χ0n) is 15.4. The van der Waals surface area contributed by atoms with Gasteiger partial charge in [-0.1, -0.05) is 83.6 Å². The Morgan fingerprint density at radius 3 is 1.85 bits per heavy atom. The molecule has 0 amide bonds. The van der Waals surface area contributed by atoms with Crippen molar-refractivity contribution < 1.29 is 5.11 Å². The maximum Gasteiger partial charge on any atom is 0.157 e. The first kappa shape index (κ1) is 17.2. The van der Waals surface area contributed by atoms with E-state index in [4.69, 9.17) is 0 Å². The smallest absolute Gasteiger partial charge is 0.157 e. The highest BCUT2D eigenvalue weighted by molar-refractivity contribution is 5.80. The van der Waals surface area contributed by atoms with Crippen LogP contribution >= 0.6 is 0 Å². The number of nitrogens with zero attached hydrogens (tertiary/aromatic N) is 3. The molecule has 0 spiro atoms. The zero-order valence-corrected chi connectivity index (χ0v) is 15.4. The Bertz CT molecular complexity index is 1050. The van der Waals surface area contributed by atoms with Gasteiger partial charge in [-0.15, -0.1) is 5.10 Å². The highest BCUT2D eigenvalue weighted by Crippen LogP contribution is 2.41. The van der Waals surface area contributed by atoms with Crippen LogP contribution in [0.2, 0.25) is 0 Å². The van der Waals surface area contributed by atoms with E-state index in [1.54, 1.807) is 4.68 Å². The molecular formula is C23H21N3O. The number of aliphatic hydroxyl groups is 1. The van der Waals surface area contributed by atoms with E-state index in [0.29, 0.717) is 5.70 Å². The standard InChI is InChI=1S/C23H21N3O/c1-17(2)22(26-21-16-10-9-15-20(21)24-25-26)23(27,18-11-5-3-6-12-18)19-13-7-4-8-14-19/h3-16,27H,1-2H3. The Morgan fingerprint density at radius 2 is 1.30 bits per heavy atom. The average molecular weight is 355 g/mol. The Kier molecular flexibility index (Phi) is 4.34. The summed E-state index contributed by atoms with van der Waals surface area (Å²) in [5, 5.41) is 20.8. The first-order valence-electron chi connectivity index (χ1n) is 8.94. The van der Waals surface area contributed by atoms with Crippen LogP contribution in [0.4, 0.5) is 0 Å². The van der Waals surface area contributed by atoms with Gasteiger partial charge in [0.05, 0.1) is 11.2 Å². The van der Waals surface area contributed by atoms with Crippen LogP contribution in [-0.4, -0.2) is 20.1 Å². The van der Waals surface area contributed by atoms with Crippen LogP contribution < -0.4 is 0 Å². The minimum Gasteiger partial charge on any atom is -0.374 e. The predicted octanol–water partition coefficient (Wildman–Crippen LogP) is 4.62. The minimum absolute atomic E-state index is 0.689. The van der Waals surface area contributed by atoms with Crippen LogP contribution in [0.3, 0.4) is 0 Å². The van der Waals surface area contributed by atoms with Gasteiger partial charge in [0.25, 0.3) is 0 Å². The summed E-state index contributed by atoms with van der Waals surface area (Å²) in [7, 11) is 0. The SMILES string of the molecule is CC(C)=C(n1nnc2ccccc21)C(O)(c1ccccc1)c1ccccc1. The van der Waals surface area contributed by atoms with Crippen molar-refractivity contribution >= 4 is 16.7 Å². The van der Waals surface area contributed by atoms with Crippen molar-refractivity contribution in [2.24, 2.45) is 0 Å². The molecule has 1 aromatic heterocycles. The van der Waals surface area contributed by atoms with Crippen LogP contribution in [0.25, 0.3) is 16.7 Å². The van der Waals surface area contributed by atoms with Gasteiger partial charge >= 0.3 is 0 Å². The topological polar surface area (TPSA) is 50.9 Å². The monoisotopic (exact) mass is 355 g/mol. The highest BCUT2D eigenvalue weighted by Gasteiger charge is 2.39. The van der Waals surface area contributed by atoms with E-state index < -0.39 is 5.60 Å². The van der Waals surface area contributed by atoms with E-state index in [1.807, 2.05) is 98.8 Å². The number of aromatic nitrogens is 3. The lowest BCUT2D eigenvalue weighted by Gasteiger charge is -2.33. The molecule has 0 fully saturated rings. The van der Waals surface area contributed by atoms with Crippen LogP contribution in [0.15, 0.2) is 90.5 Å². The fraction of sp³-hybridized carbons (Fsp3) is 0.130. The Hall–Kier alpha value is -3.24. The van der Waals surface area contributed by atoms with E-state index in [1.165, 1.54) is 0 Å². The van der Waals surface area contributed by atoms with Crippen molar-refractivity contribution in [2.75, 3.05) is 0 Å². The molecule has 0 bridgehead atoms. The summed E-state index contributed by atoms with van der Waals surface area (Å²) in [5.74, 6) is 0. The summed E-state index contributed by atoms with van der Waals surface area (Å²) >= 11 is 0. The molecule has 0 atom stereocenters. The second kappa shape index (κ2) is 6.82. The molecular weight excluding hydrogens is 334 g/mol. The molecule has 4 heteroatoms. The molecule has 4 rings (SSSR count). The lowest BCUT2D eigenvalue weighted by molar-refractivity contribution is 0.137. The third-order valence-electron chi connectivity index (χ3n) is 4.76. The summed E-state index contributed by atoms with van der Waals surface area (Å²) < 4.78 is 1.75. The number of benzene rings is 3. The van der Waals surface area contributed by atoms with Crippen molar-refractivity contribution in [1.82, 2.24) is 15.0 Å². The average Bonchev–Trinajstić information content (AvgIpc) is 3.13. The number of rotatable bonds is 4. The molecule has 0 aliphatic rings. The number of hydrogen-bond donors (Lipinski definition) is 1. The quantitative estimate of drug-likeness (QED) is 0.581. The molecule has 0 radical (unpaired) electrons. The van der Waals surface area contributed by atoms with E-state index >= 15 is 0 Å². The summed E-state index contributed by atoms with van der Waals surface area (Å²) in [6, 6.07) is 27.2. The first-order valence-corrected chi connectivity index (χ1v) is 8.94. The molecule has 0 aliphatic heterocycles.